The highest BCUT2D eigenvalue weighted by atomic mass is 16.5. The molecule has 2 aromatic carbocycles. The first-order valence-corrected chi connectivity index (χ1v) is 10.8. The van der Waals surface area contributed by atoms with Gasteiger partial charge in [0, 0.05) is 31.9 Å². The van der Waals surface area contributed by atoms with Crippen LogP contribution >= 0.6 is 0 Å². The van der Waals surface area contributed by atoms with E-state index >= 15 is 0 Å². The molecule has 1 aliphatic heterocycles. The summed E-state index contributed by atoms with van der Waals surface area (Å²) in [6, 6.07) is 18.9. The van der Waals surface area contributed by atoms with Gasteiger partial charge in [-0.1, -0.05) is 48.0 Å². The Kier molecular flexibility index (Phi) is 6.50. The van der Waals surface area contributed by atoms with Gasteiger partial charge >= 0.3 is 0 Å². The van der Waals surface area contributed by atoms with E-state index in [4.69, 9.17) is 4.74 Å². The van der Waals surface area contributed by atoms with E-state index < -0.39 is 12.1 Å². The summed E-state index contributed by atoms with van der Waals surface area (Å²) in [6.07, 6.45) is 3.30. The number of piperazine rings is 1. The van der Waals surface area contributed by atoms with E-state index in [1.165, 1.54) is 0 Å². The van der Waals surface area contributed by atoms with E-state index in [0.29, 0.717) is 25.3 Å². The number of ether oxygens (including phenoxy) is 1. The molecule has 1 aromatic heterocycles. The summed E-state index contributed by atoms with van der Waals surface area (Å²) in [4.78, 5) is 31.8. The Balaban J connectivity index is 1.51. The number of hydrogen-bond donors (Lipinski definition) is 1. The molecule has 4 rings (SSSR count). The maximum absolute atomic E-state index is 13.2. The number of pyridine rings is 1. The lowest BCUT2D eigenvalue weighted by Crippen LogP contribution is -2.60. The molecule has 0 bridgehead atoms. The van der Waals surface area contributed by atoms with E-state index in [9.17, 15) is 9.59 Å². The number of amides is 2. The predicted molar refractivity (Wildman–Crippen MR) is 123 cm³/mol. The summed E-state index contributed by atoms with van der Waals surface area (Å²) >= 11 is 0. The summed E-state index contributed by atoms with van der Waals surface area (Å²) in [5, 5.41) is 2.89. The molecule has 6 heteroatoms. The Morgan fingerprint density at radius 1 is 1.16 bits per heavy atom. The molecule has 32 heavy (non-hydrogen) atoms. The summed E-state index contributed by atoms with van der Waals surface area (Å²) in [5.74, 6) is 0.311. The van der Waals surface area contributed by atoms with Crippen LogP contribution in [-0.2, 0) is 16.0 Å². The minimum Gasteiger partial charge on any atom is -0.481 e. The molecule has 1 N–H and O–H groups in total. The van der Waals surface area contributed by atoms with Crippen LogP contribution in [0.4, 0.5) is 0 Å². The normalized spacial score (nSPS) is 16.9. The third kappa shape index (κ3) is 4.97. The summed E-state index contributed by atoms with van der Waals surface area (Å²) in [7, 11) is 0. The monoisotopic (exact) mass is 429 g/mol. The second kappa shape index (κ2) is 9.64. The third-order valence-corrected chi connectivity index (χ3v) is 5.65. The molecule has 6 nitrogen and oxygen atoms in total. The zero-order valence-corrected chi connectivity index (χ0v) is 18.3. The van der Waals surface area contributed by atoms with Crippen molar-refractivity contribution in [1.82, 2.24) is 15.2 Å². The van der Waals surface area contributed by atoms with Crippen molar-refractivity contribution in [2.24, 2.45) is 0 Å². The fraction of sp³-hybridized carbons (Fsp3) is 0.269. The Hall–Kier alpha value is -3.67. The van der Waals surface area contributed by atoms with Crippen molar-refractivity contribution >= 4 is 11.8 Å². The van der Waals surface area contributed by atoms with Gasteiger partial charge in [0.25, 0.3) is 5.91 Å². The first-order chi connectivity index (χ1) is 15.5. The number of hydrogen-bond acceptors (Lipinski definition) is 4. The number of rotatable bonds is 6. The van der Waals surface area contributed by atoms with Crippen molar-refractivity contribution < 1.29 is 14.3 Å². The lowest BCUT2D eigenvalue weighted by Gasteiger charge is -2.36. The van der Waals surface area contributed by atoms with Crippen molar-refractivity contribution in [3.63, 3.8) is 0 Å². The fourth-order valence-electron chi connectivity index (χ4n) is 3.92. The highest BCUT2D eigenvalue weighted by Gasteiger charge is 2.35. The van der Waals surface area contributed by atoms with Crippen molar-refractivity contribution in [3.05, 3.63) is 84.2 Å². The molecule has 164 valence electrons. The van der Waals surface area contributed by atoms with E-state index in [0.717, 1.165) is 22.3 Å². The molecular weight excluding hydrogens is 402 g/mol. The van der Waals surface area contributed by atoms with Crippen LogP contribution in [0.3, 0.4) is 0 Å². The number of benzene rings is 2. The molecule has 0 spiro atoms. The van der Waals surface area contributed by atoms with Gasteiger partial charge in [-0.2, -0.15) is 0 Å². The Morgan fingerprint density at radius 2 is 1.94 bits per heavy atom. The van der Waals surface area contributed by atoms with Gasteiger partial charge in [-0.3, -0.25) is 14.6 Å². The molecule has 0 radical (unpaired) electrons. The van der Waals surface area contributed by atoms with Crippen LogP contribution in [0, 0.1) is 6.92 Å². The number of nitrogens with one attached hydrogen (secondary N) is 1. The molecule has 1 saturated heterocycles. The average Bonchev–Trinajstić information content (AvgIpc) is 2.82. The molecule has 1 fully saturated rings. The van der Waals surface area contributed by atoms with Crippen molar-refractivity contribution in [2.75, 3.05) is 13.1 Å². The summed E-state index contributed by atoms with van der Waals surface area (Å²) < 4.78 is 5.87. The van der Waals surface area contributed by atoms with Gasteiger partial charge in [0.1, 0.15) is 11.8 Å². The third-order valence-electron chi connectivity index (χ3n) is 5.65. The topological polar surface area (TPSA) is 71.5 Å². The van der Waals surface area contributed by atoms with Crippen LogP contribution in [0.5, 0.6) is 5.75 Å². The SMILES string of the molecule is Cc1ccc(O[C@@H](C)C(=O)N2CCNC(=O)[C@@H]2Cc2cccc(-c3cccnc3)c2)cc1. The van der Waals surface area contributed by atoms with Crippen LogP contribution in [0.15, 0.2) is 73.1 Å². The molecule has 0 saturated carbocycles. The molecule has 0 aliphatic carbocycles. The van der Waals surface area contributed by atoms with Crippen molar-refractivity contribution in [2.45, 2.75) is 32.4 Å². The number of aryl methyl sites for hydroxylation is 1. The quantitative estimate of drug-likeness (QED) is 0.652. The lowest BCUT2D eigenvalue weighted by molar-refractivity contribution is -0.147. The zero-order valence-electron chi connectivity index (χ0n) is 18.3. The Morgan fingerprint density at radius 3 is 2.69 bits per heavy atom. The molecule has 2 heterocycles. The van der Waals surface area contributed by atoms with Crippen molar-refractivity contribution in [1.29, 1.82) is 0 Å². The van der Waals surface area contributed by atoms with Gasteiger partial charge in [0.2, 0.25) is 5.91 Å². The summed E-state index contributed by atoms with van der Waals surface area (Å²) in [6.45, 7) is 4.63. The van der Waals surface area contributed by atoms with Gasteiger partial charge in [-0.15, -0.1) is 0 Å². The molecule has 2 amide bonds. The average molecular weight is 430 g/mol. The first kappa shape index (κ1) is 21.6. The van der Waals surface area contributed by atoms with Crippen LogP contribution < -0.4 is 10.1 Å². The van der Waals surface area contributed by atoms with Gasteiger partial charge in [-0.25, -0.2) is 0 Å². The first-order valence-electron chi connectivity index (χ1n) is 10.8. The van der Waals surface area contributed by atoms with E-state index in [2.05, 4.69) is 10.3 Å². The van der Waals surface area contributed by atoms with Crippen LogP contribution in [-0.4, -0.2) is 46.9 Å². The smallest absolute Gasteiger partial charge is 0.264 e. The maximum Gasteiger partial charge on any atom is 0.264 e. The van der Waals surface area contributed by atoms with Crippen molar-refractivity contribution in [3.8, 4) is 16.9 Å². The number of carbonyl (C=O) groups excluding carboxylic acids is 2. The van der Waals surface area contributed by atoms with Gasteiger partial charge in [0.05, 0.1) is 0 Å². The minimum absolute atomic E-state index is 0.140. The standard InChI is InChI=1S/C26H27N3O3/c1-18-8-10-23(11-9-18)32-19(2)26(31)29-14-13-28-25(30)24(29)16-20-5-3-6-21(15-20)22-7-4-12-27-17-22/h3-12,15,17,19,24H,13-14,16H2,1-2H3,(H,28,30)/t19-,24-/m0/s1. The number of nitrogens with zero attached hydrogens (tertiary/aromatic N) is 2. The largest absolute Gasteiger partial charge is 0.481 e. The number of carbonyl (C=O) groups is 2. The highest BCUT2D eigenvalue weighted by Crippen LogP contribution is 2.22. The van der Waals surface area contributed by atoms with E-state index in [1.807, 2.05) is 73.8 Å². The maximum atomic E-state index is 13.2. The van der Waals surface area contributed by atoms with Gasteiger partial charge in [-0.05, 0) is 48.7 Å². The van der Waals surface area contributed by atoms with E-state index in [-0.39, 0.29) is 11.8 Å². The van der Waals surface area contributed by atoms with Crippen LogP contribution in [0.2, 0.25) is 0 Å². The summed E-state index contributed by atoms with van der Waals surface area (Å²) in [5.41, 5.74) is 4.15. The molecule has 2 atom stereocenters. The Bertz CT molecular complexity index is 1080. The Labute approximate surface area is 188 Å². The predicted octanol–water partition coefficient (Wildman–Crippen LogP) is 3.39. The molecule has 3 aromatic rings. The molecular formula is C26H27N3O3. The fourth-order valence-corrected chi connectivity index (χ4v) is 3.92. The van der Waals surface area contributed by atoms with E-state index in [1.54, 1.807) is 18.0 Å². The van der Waals surface area contributed by atoms with Crippen LogP contribution in [0.25, 0.3) is 11.1 Å². The second-order valence-corrected chi connectivity index (χ2v) is 8.06. The highest BCUT2D eigenvalue weighted by molar-refractivity contribution is 5.90. The zero-order chi connectivity index (χ0) is 22.5. The molecule has 0 unspecified atom stereocenters. The molecule has 1 aliphatic rings. The minimum atomic E-state index is -0.687. The second-order valence-electron chi connectivity index (χ2n) is 8.06. The number of aromatic nitrogens is 1. The lowest BCUT2D eigenvalue weighted by atomic mass is 9.98. The van der Waals surface area contributed by atoms with Gasteiger partial charge < -0.3 is 15.0 Å². The van der Waals surface area contributed by atoms with Crippen LogP contribution in [0.1, 0.15) is 18.1 Å². The van der Waals surface area contributed by atoms with Gasteiger partial charge in [0.15, 0.2) is 6.10 Å².